The van der Waals surface area contributed by atoms with Crippen LogP contribution in [0.2, 0.25) is 5.02 Å². The number of methoxy groups -OCH3 is 1. The molecule has 0 N–H and O–H groups in total. The molecule has 5 nitrogen and oxygen atoms in total. The SMILES string of the molecule is COc1ccc(CC(=O)N2CC[C@H]3[C@H](CCCN3C(=O)/C=C/c3ccccc3Cl)C2)cc1. The summed E-state index contributed by atoms with van der Waals surface area (Å²) >= 11 is 6.20. The summed E-state index contributed by atoms with van der Waals surface area (Å²) in [6.07, 6.45) is 6.66. The van der Waals surface area contributed by atoms with Gasteiger partial charge in [-0.05, 0) is 60.6 Å². The van der Waals surface area contributed by atoms with E-state index in [0.29, 0.717) is 23.9 Å². The number of benzene rings is 2. The van der Waals surface area contributed by atoms with Crippen LogP contribution in [-0.4, -0.2) is 54.4 Å². The van der Waals surface area contributed by atoms with E-state index in [-0.39, 0.29) is 17.9 Å². The van der Waals surface area contributed by atoms with Gasteiger partial charge in [0.1, 0.15) is 5.75 Å². The maximum absolute atomic E-state index is 13.0. The van der Waals surface area contributed by atoms with E-state index in [1.54, 1.807) is 19.3 Å². The van der Waals surface area contributed by atoms with Gasteiger partial charge in [0.15, 0.2) is 0 Å². The van der Waals surface area contributed by atoms with Crippen LogP contribution in [0.15, 0.2) is 54.6 Å². The molecule has 168 valence electrons. The van der Waals surface area contributed by atoms with Gasteiger partial charge in [-0.1, -0.05) is 41.9 Å². The zero-order valence-corrected chi connectivity index (χ0v) is 19.1. The molecule has 2 fully saturated rings. The summed E-state index contributed by atoms with van der Waals surface area (Å²) in [5.74, 6) is 1.29. The van der Waals surface area contributed by atoms with E-state index in [1.807, 2.05) is 58.3 Å². The summed E-state index contributed by atoms with van der Waals surface area (Å²) in [4.78, 5) is 29.8. The highest BCUT2D eigenvalue weighted by molar-refractivity contribution is 6.32. The van der Waals surface area contributed by atoms with Crippen molar-refractivity contribution in [1.82, 2.24) is 9.80 Å². The second-order valence-electron chi connectivity index (χ2n) is 8.51. The summed E-state index contributed by atoms with van der Waals surface area (Å²) in [6.45, 7) is 2.18. The number of nitrogens with zero attached hydrogens (tertiary/aromatic N) is 2. The fraction of sp³-hybridized carbons (Fsp3) is 0.385. The van der Waals surface area contributed by atoms with E-state index in [2.05, 4.69) is 0 Å². The van der Waals surface area contributed by atoms with Crippen LogP contribution >= 0.6 is 11.6 Å². The fourth-order valence-electron chi connectivity index (χ4n) is 4.80. The molecule has 32 heavy (non-hydrogen) atoms. The number of piperidine rings is 2. The second-order valence-corrected chi connectivity index (χ2v) is 8.92. The topological polar surface area (TPSA) is 49.9 Å². The van der Waals surface area contributed by atoms with Gasteiger partial charge >= 0.3 is 0 Å². The molecule has 2 saturated heterocycles. The van der Waals surface area contributed by atoms with Gasteiger partial charge in [0.25, 0.3) is 0 Å². The predicted molar refractivity (Wildman–Crippen MR) is 127 cm³/mol. The van der Waals surface area contributed by atoms with Gasteiger partial charge in [0.05, 0.1) is 13.5 Å². The standard InChI is InChI=1S/C26H29ClN2O3/c1-32-22-11-8-19(9-12-22)17-26(31)28-16-14-24-21(18-28)6-4-15-29(24)25(30)13-10-20-5-2-3-7-23(20)27/h2-3,5,7-13,21,24H,4,6,14-18H2,1H3/b13-10+/t21-,24+/m1/s1. The lowest BCUT2D eigenvalue weighted by Crippen LogP contribution is -2.56. The molecule has 2 heterocycles. The number of carbonyl (C=O) groups excluding carboxylic acids is 2. The van der Waals surface area contributed by atoms with E-state index < -0.39 is 0 Å². The Hall–Kier alpha value is -2.79. The predicted octanol–water partition coefficient (Wildman–Crippen LogP) is 4.44. The van der Waals surface area contributed by atoms with Crippen LogP contribution in [0.3, 0.4) is 0 Å². The zero-order chi connectivity index (χ0) is 22.5. The van der Waals surface area contributed by atoms with Gasteiger partial charge in [0.2, 0.25) is 11.8 Å². The van der Waals surface area contributed by atoms with Crippen molar-refractivity contribution >= 4 is 29.5 Å². The molecule has 0 bridgehead atoms. The van der Waals surface area contributed by atoms with Gasteiger partial charge in [-0.15, -0.1) is 0 Å². The average Bonchev–Trinajstić information content (AvgIpc) is 2.83. The van der Waals surface area contributed by atoms with Crippen molar-refractivity contribution in [1.29, 1.82) is 0 Å². The number of rotatable bonds is 5. The number of likely N-dealkylation sites (tertiary alicyclic amines) is 2. The molecule has 0 radical (unpaired) electrons. The van der Waals surface area contributed by atoms with Crippen LogP contribution in [0.25, 0.3) is 6.08 Å². The van der Waals surface area contributed by atoms with Crippen molar-refractivity contribution in [2.75, 3.05) is 26.7 Å². The third-order valence-electron chi connectivity index (χ3n) is 6.53. The molecule has 2 amide bonds. The highest BCUT2D eigenvalue weighted by Crippen LogP contribution is 2.31. The molecule has 2 atom stereocenters. The van der Waals surface area contributed by atoms with Crippen LogP contribution < -0.4 is 4.74 Å². The van der Waals surface area contributed by atoms with Crippen LogP contribution in [0.4, 0.5) is 0 Å². The molecular weight excluding hydrogens is 424 g/mol. The van der Waals surface area contributed by atoms with Gasteiger partial charge < -0.3 is 14.5 Å². The Morgan fingerprint density at radius 3 is 2.62 bits per heavy atom. The van der Waals surface area contributed by atoms with E-state index in [0.717, 1.165) is 49.2 Å². The lowest BCUT2D eigenvalue weighted by atomic mass is 9.83. The van der Waals surface area contributed by atoms with Crippen LogP contribution in [0, 0.1) is 5.92 Å². The minimum Gasteiger partial charge on any atom is -0.497 e. The normalized spacial score (nSPS) is 20.8. The Morgan fingerprint density at radius 1 is 1.09 bits per heavy atom. The number of fused-ring (bicyclic) bond motifs is 1. The number of hydrogen-bond donors (Lipinski definition) is 0. The molecule has 4 rings (SSSR count). The monoisotopic (exact) mass is 452 g/mol. The smallest absolute Gasteiger partial charge is 0.246 e. The van der Waals surface area contributed by atoms with Crippen molar-refractivity contribution in [3.63, 3.8) is 0 Å². The maximum atomic E-state index is 13.0. The maximum Gasteiger partial charge on any atom is 0.246 e. The highest BCUT2D eigenvalue weighted by atomic mass is 35.5. The number of ether oxygens (including phenoxy) is 1. The molecule has 6 heteroatoms. The highest BCUT2D eigenvalue weighted by Gasteiger charge is 2.38. The fourth-order valence-corrected chi connectivity index (χ4v) is 5.00. The second kappa shape index (κ2) is 10.2. The summed E-state index contributed by atoms with van der Waals surface area (Å²) < 4.78 is 5.19. The van der Waals surface area contributed by atoms with Crippen LogP contribution in [0.1, 0.15) is 30.4 Å². The molecular formula is C26H29ClN2O3. The van der Waals surface area contributed by atoms with Crippen LogP contribution in [-0.2, 0) is 16.0 Å². The van der Waals surface area contributed by atoms with E-state index in [4.69, 9.17) is 16.3 Å². The zero-order valence-electron chi connectivity index (χ0n) is 18.4. The first kappa shape index (κ1) is 22.4. The van der Waals surface area contributed by atoms with E-state index in [1.165, 1.54) is 0 Å². The van der Waals surface area contributed by atoms with Crippen molar-refractivity contribution in [2.45, 2.75) is 31.7 Å². The quantitative estimate of drug-likeness (QED) is 0.630. The number of amides is 2. The van der Waals surface area contributed by atoms with Gasteiger partial charge in [-0.2, -0.15) is 0 Å². The Morgan fingerprint density at radius 2 is 1.88 bits per heavy atom. The third-order valence-corrected chi connectivity index (χ3v) is 6.87. The van der Waals surface area contributed by atoms with Gasteiger partial charge in [0, 0.05) is 36.8 Å². The molecule has 0 aliphatic carbocycles. The van der Waals surface area contributed by atoms with Crippen LogP contribution in [0.5, 0.6) is 5.75 Å². The van der Waals surface area contributed by atoms with E-state index >= 15 is 0 Å². The summed E-state index contributed by atoms with van der Waals surface area (Å²) in [6, 6.07) is 15.3. The first-order valence-electron chi connectivity index (χ1n) is 11.2. The largest absolute Gasteiger partial charge is 0.497 e. The molecule has 2 aliphatic rings. The number of hydrogen-bond acceptors (Lipinski definition) is 3. The average molecular weight is 453 g/mol. The third kappa shape index (κ3) is 5.16. The van der Waals surface area contributed by atoms with Gasteiger partial charge in [-0.3, -0.25) is 9.59 Å². The van der Waals surface area contributed by atoms with Crippen molar-refractivity contribution in [3.05, 3.63) is 70.8 Å². The Kier molecular flexibility index (Phi) is 7.15. The summed E-state index contributed by atoms with van der Waals surface area (Å²) in [5.41, 5.74) is 1.83. The summed E-state index contributed by atoms with van der Waals surface area (Å²) in [7, 11) is 1.63. The van der Waals surface area contributed by atoms with Crippen molar-refractivity contribution in [3.8, 4) is 5.75 Å². The lowest BCUT2D eigenvalue weighted by molar-refractivity contribution is -0.138. The first-order valence-corrected chi connectivity index (χ1v) is 11.6. The lowest BCUT2D eigenvalue weighted by Gasteiger charge is -2.47. The Balaban J connectivity index is 1.36. The molecule has 0 aromatic heterocycles. The molecule has 0 spiro atoms. The minimum absolute atomic E-state index is 0.0256. The molecule has 0 saturated carbocycles. The van der Waals surface area contributed by atoms with Crippen molar-refractivity contribution < 1.29 is 14.3 Å². The van der Waals surface area contributed by atoms with E-state index in [9.17, 15) is 9.59 Å². The van der Waals surface area contributed by atoms with Gasteiger partial charge in [-0.25, -0.2) is 0 Å². The summed E-state index contributed by atoms with van der Waals surface area (Å²) in [5, 5.41) is 0.636. The molecule has 2 aliphatic heterocycles. The molecule has 2 aromatic rings. The Labute approximate surface area is 194 Å². The van der Waals surface area contributed by atoms with Crippen molar-refractivity contribution in [2.24, 2.45) is 5.92 Å². The molecule has 2 aromatic carbocycles. The number of carbonyl (C=O) groups is 2. The molecule has 0 unspecified atom stereocenters. The first-order chi connectivity index (χ1) is 15.5. The number of halogens is 1. The minimum atomic E-state index is 0.0256. The Bertz CT molecular complexity index is 989.